The molecular weight excluding hydrogens is 449 g/mol. The van der Waals surface area contributed by atoms with Crippen molar-refractivity contribution in [2.75, 3.05) is 0 Å². The zero-order valence-corrected chi connectivity index (χ0v) is 19.8. The maximum Gasteiger partial charge on any atom is 0.0775 e. The van der Waals surface area contributed by atoms with E-state index in [1.54, 1.807) is 0 Å². The summed E-state index contributed by atoms with van der Waals surface area (Å²) in [6.07, 6.45) is 0.477. The third kappa shape index (κ3) is 4.51. The minimum absolute atomic E-state index is 0.0540. The molecule has 0 saturated carbocycles. The molecule has 0 amide bonds. The van der Waals surface area contributed by atoms with Gasteiger partial charge in [-0.1, -0.05) is 91.1 Å². The minimum atomic E-state index is -0.981. The number of halogens is 3. The first kappa shape index (κ1) is 22.6. The number of rotatable bonds is 4. The predicted molar refractivity (Wildman–Crippen MR) is 130 cm³/mol. The second-order valence-electron chi connectivity index (χ2n) is 8.56. The Balaban J connectivity index is 1.78. The molecule has 1 fully saturated rings. The van der Waals surface area contributed by atoms with Crippen LogP contribution in [0.2, 0.25) is 15.1 Å². The van der Waals surface area contributed by atoms with Crippen LogP contribution in [0, 0.1) is 11.8 Å². The molecule has 162 valence electrons. The molecule has 3 aromatic rings. The summed E-state index contributed by atoms with van der Waals surface area (Å²) >= 11 is 18.8. The lowest BCUT2D eigenvalue weighted by molar-refractivity contribution is -0.110. The molecule has 4 atom stereocenters. The van der Waals surface area contributed by atoms with Crippen LogP contribution in [0.25, 0.3) is 0 Å². The number of hydrogen-bond donors (Lipinski definition) is 2. The number of nitrogens with one attached hydrogen (secondary N) is 1. The van der Waals surface area contributed by atoms with E-state index in [1.807, 2.05) is 72.8 Å². The fourth-order valence-electron chi connectivity index (χ4n) is 4.85. The average Bonchev–Trinajstić information content (AvgIpc) is 2.76. The Morgan fingerprint density at radius 1 is 0.742 bits per heavy atom. The molecule has 0 bridgehead atoms. The van der Waals surface area contributed by atoms with Gasteiger partial charge in [-0.05, 0) is 47.0 Å². The summed E-state index contributed by atoms with van der Waals surface area (Å²) in [4.78, 5) is 0. The lowest BCUT2D eigenvalue weighted by Crippen LogP contribution is -2.58. The summed E-state index contributed by atoms with van der Waals surface area (Å²) in [5, 5.41) is 18.1. The third-order valence-electron chi connectivity index (χ3n) is 6.83. The fraction of sp³-hybridized carbons (Fsp3) is 0.308. The molecule has 0 aliphatic carbocycles. The highest BCUT2D eigenvalue weighted by Crippen LogP contribution is 2.48. The normalized spacial score (nSPS) is 28.5. The van der Waals surface area contributed by atoms with Crippen molar-refractivity contribution >= 4 is 34.8 Å². The molecular formula is C26H26Cl3NO. The zero-order chi connectivity index (χ0) is 22.2. The monoisotopic (exact) mass is 473 g/mol. The maximum absolute atomic E-state index is 12.2. The van der Waals surface area contributed by atoms with Crippen LogP contribution in [0.15, 0.2) is 72.8 Å². The van der Waals surface area contributed by atoms with Crippen molar-refractivity contribution in [2.24, 2.45) is 11.8 Å². The molecule has 4 rings (SSSR count). The highest BCUT2D eigenvalue weighted by Gasteiger charge is 2.51. The van der Waals surface area contributed by atoms with Crippen molar-refractivity contribution in [3.63, 3.8) is 0 Å². The number of piperidine rings is 1. The highest BCUT2D eigenvalue weighted by molar-refractivity contribution is 6.31. The summed E-state index contributed by atoms with van der Waals surface area (Å²) < 4.78 is 0. The highest BCUT2D eigenvalue weighted by atomic mass is 35.5. The Kier molecular flexibility index (Phi) is 6.67. The fourth-order valence-corrected chi connectivity index (χ4v) is 5.31. The Bertz CT molecular complexity index is 978. The van der Waals surface area contributed by atoms with Gasteiger partial charge in [-0.2, -0.15) is 0 Å². The average molecular weight is 475 g/mol. The summed E-state index contributed by atoms with van der Waals surface area (Å²) in [5.74, 6) is -0.132. The van der Waals surface area contributed by atoms with Crippen molar-refractivity contribution in [1.29, 1.82) is 0 Å². The Morgan fingerprint density at radius 2 is 1.19 bits per heavy atom. The molecule has 0 radical (unpaired) electrons. The summed E-state index contributed by atoms with van der Waals surface area (Å²) in [6.45, 7) is 4.22. The standard InChI is InChI=1S/C26H26Cl3NO/c1-16-24(18-7-11-21(27)12-8-18)30-25(19-9-13-22(28)14-10-19)17(2)26(16,31)15-20-5-3-4-6-23(20)29/h3-14,16-17,24-25,30-31H,15H2,1-2H3/t16-,17-,24-,25-/m0/s1. The van der Waals surface area contributed by atoms with E-state index in [0.717, 1.165) is 16.7 Å². The minimum Gasteiger partial charge on any atom is -0.389 e. The van der Waals surface area contributed by atoms with Gasteiger partial charge >= 0.3 is 0 Å². The summed E-state index contributed by atoms with van der Waals surface area (Å²) in [7, 11) is 0. The second kappa shape index (κ2) is 9.13. The molecule has 1 saturated heterocycles. The van der Waals surface area contributed by atoms with E-state index in [2.05, 4.69) is 19.2 Å². The Hall–Kier alpha value is -1.55. The molecule has 31 heavy (non-hydrogen) atoms. The van der Waals surface area contributed by atoms with Gasteiger partial charge < -0.3 is 10.4 Å². The predicted octanol–water partition coefficient (Wildman–Crippen LogP) is 7.28. The molecule has 0 spiro atoms. The van der Waals surface area contributed by atoms with Gasteiger partial charge in [0, 0.05) is 45.4 Å². The van der Waals surface area contributed by atoms with E-state index in [0.29, 0.717) is 21.5 Å². The summed E-state index contributed by atoms with van der Waals surface area (Å²) in [6, 6.07) is 23.4. The van der Waals surface area contributed by atoms with E-state index >= 15 is 0 Å². The third-order valence-corrected chi connectivity index (χ3v) is 7.70. The van der Waals surface area contributed by atoms with Crippen LogP contribution >= 0.6 is 34.8 Å². The van der Waals surface area contributed by atoms with Gasteiger partial charge in [0.15, 0.2) is 0 Å². The maximum atomic E-state index is 12.2. The van der Waals surface area contributed by atoms with Gasteiger partial charge in [0.05, 0.1) is 5.60 Å². The van der Waals surface area contributed by atoms with Crippen molar-refractivity contribution in [2.45, 2.75) is 38.0 Å². The lowest BCUT2D eigenvalue weighted by atomic mass is 9.64. The van der Waals surface area contributed by atoms with Crippen molar-refractivity contribution < 1.29 is 5.11 Å². The van der Waals surface area contributed by atoms with Crippen LogP contribution < -0.4 is 5.32 Å². The molecule has 0 aromatic heterocycles. The molecule has 2 nitrogen and oxygen atoms in total. The SMILES string of the molecule is C[C@H]1[C@@H](c2ccc(Cl)cc2)N[C@H](c2ccc(Cl)cc2)[C@H](C)C1(O)Cc1ccccc1Cl. The van der Waals surface area contributed by atoms with Crippen molar-refractivity contribution in [3.8, 4) is 0 Å². The van der Waals surface area contributed by atoms with Gasteiger partial charge in [0.25, 0.3) is 0 Å². The van der Waals surface area contributed by atoms with Crippen LogP contribution in [0.4, 0.5) is 0 Å². The van der Waals surface area contributed by atoms with Crippen molar-refractivity contribution in [3.05, 3.63) is 105 Å². The first-order valence-electron chi connectivity index (χ1n) is 10.5. The first-order chi connectivity index (χ1) is 14.8. The second-order valence-corrected chi connectivity index (χ2v) is 9.84. The van der Waals surface area contributed by atoms with Crippen LogP contribution in [0.3, 0.4) is 0 Å². The molecule has 1 aliphatic heterocycles. The van der Waals surface area contributed by atoms with Gasteiger partial charge in [-0.15, -0.1) is 0 Å². The largest absolute Gasteiger partial charge is 0.389 e. The molecule has 3 aromatic carbocycles. The van der Waals surface area contributed by atoms with E-state index in [9.17, 15) is 5.11 Å². The topological polar surface area (TPSA) is 32.3 Å². The van der Waals surface area contributed by atoms with Crippen LogP contribution in [0.1, 0.15) is 42.6 Å². The number of benzene rings is 3. The van der Waals surface area contributed by atoms with Crippen LogP contribution in [-0.2, 0) is 6.42 Å². The van der Waals surface area contributed by atoms with Gasteiger partial charge in [0.1, 0.15) is 0 Å². The summed E-state index contributed by atoms with van der Waals surface area (Å²) in [5.41, 5.74) is 2.17. The Labute approximate surface area is 199 Å². The molecule has 0 unspecified atom stereocenters. The zero-order valence-electron chi connectivity index (χ0n) is 17.5. The van der Waals surface area contributed by atoms with Gasteiger partial charge in [-0.3, -0.25) is 0 Å². The van der Waals surface area contributed by atoms with E-state index in [-0.39, 0.29) is 23.9 Å². The molecule has 1 heterocycles. The van der Waals surface area contributed by atoms with E-state index in [1.165, 1.54) is 0 Å². The Morgan fingerprint density at radius 3 is 1.65 bits per heavy atom. The quantitative estimate of drug-likeness (QED) is 0.416. The van der Waals surface area contributed by atoms with E-state index < -0.39 is 5.60 Å². The van der Waals surface area contributed by atoms with Crippen LogP contribution in [-0.4, -0.2) is 10.7 Å². The number of hydrogen-bond acceptors (Lipinski definition) is 2. The van der Waals surface area contributed by atoms with Gasteiger partial charge in [0.2, 0.25) is 0 Å². The van der Waals surface area contributed by atoms with Gasteiger partial charge in [-0.25, -0.2) is 0 Å². The first-order valence-corrected chi connectivity index (χ1v) is 11.7. The lowest BCUT2D eigenvalue weighted by Gasteiger charge is -2.52. The van der Waals surface area contributed by atoms with E-state index in [4.69, 9.17) is 34.8 Å². The molecule has 1 aliphatic rings. The van der Waals surface area contributed by atoms with Crippen molar-refractivity contribution in [1.82, 2.24) is 5.32 Å². The van der Waals surface area contributed by atoms with Crippen LogP contribution in [0.5, 0.6) is 0 Å². The smallest absolute Gasteiger partial charge is 0.0775 e. The number of aliphatic hydroxyl groups is 1. The molecule has 5 heteroatoms. The molecule has 2 N–H and O–H groups in total.